The molecule has 4 heterocycles. The van der Waals surface area contributed by atoms with Crippen molar-refractivity contribution < 1.29 is 4.79 Å². The first kappa shape index (κ1) is 20.0. The molecule has 158 valence electrons. The molecule has 0 aliphatic carbocycles. The van der Waals surface area contributed by atoms with Crippen LogP contribution in [0.25, 0.3) is 16.0 Å². The van der Waals surface area contributed by atoms with Crippen LogP contribution in [0, 0.1) is 6.92 Å². The van der Waals surface area contributed by atoms with Crippen LogP contribution in [0.5, 0.6) is 0 Å². The highest BCUT2D eigenvalue weighted by Crippen LogP contribution is 2.29. The molecule has 1 aromatic carbocycles. The number of piperazine rings is 1. The number of thiazole rings is 1. The molecule has 1 fully saturated rings. The molecule has 0 unspecified atom stereocenters. The van der Waals surface area contributed by atoms with Crippen molar-refractivity contribution in [3.63, 3.8) is 0 Å². The van der Waals surface area contributed by atoms with Gasteiger partial charge in [-0.15, -0.1) is 21.5 Å². The molecule has 1 aliphatic rings. The van der Waals surface area contributed by atoms with E-state index in [0.29, 0.717) is 18.8 Å². The van der Waals surface area contributed by atoms with Gasteiger partial charge in [0, 0.05) is 38.6 Å². The Balaban J connectivity index is 1.14. The van der Waals surface area contributed by atoms with Crippen LogP contribution in [0.1, 0.15) is 5.82 Å². The molecule has 5 rings (SSSR count). The third-order valence-corrected chi connectivity index (χ3v) is 7.42. The maximum Gasteiger partial charge on any atom is 0.233 e. The molecule has 0 N–H and O–H groups in total. The fourth-order valence-corrected chi connectivity index (χ4v) is 5.52. The van der Waals surface area contributed by atoms with Gasteiger partial charge in [0.15, 0.2) is 16.0 Å². The van der Waals surface area contributed by atoms with E-state index in [-0.39, 0.29) is 5.91 Å². The molecule has 0 spiro atoms. The lowest BCUT2D eigenvalue weighted by atomic mass is 10.3. The van der Waals surface area contributed by atoms with E-state index >= 15 is 0 Å². The summed E-state index contributed by atoms with van der Waals surface area (Å²) in [6.45, 7) is 4.79. The second kappa shape index (κ2) is 8.64. The minimum atomic E-state index is 0.154. The number of aryl methyl sites for hydroxylation is 1. The molecule has 8 nitrogen and oxygen atoms in total. The summed E-state index contributed by atoms with van der Waals surface area (Å²) in [6.07, 6.45) is 3.62. The van der Waals surface area contributed by atoms with Crippen LogP contribution >= 0.6 is 23.1 Å². The summed E-state index contributed by atoms with van der Waals surface area (Å²) < 4.78 is 3.99. The summed E-state index contributed by atoms with van der Waals surface area (Å²) in [4.78, 5) is 25.6. The Morgan fingerprint density at radius 1 is 1.06 bits per heavy atom. The molecule has 10 heteroatoms. The predicted octanol–water partition coefficient (Wildman–Crippen LogP) is 3.02. The van der Waals surface area contributed by atoms with Gasteiger partial charge in [-0.25, -0.2) is 9.97 Å². The van der Waals surface area contributed by atoms with Crippen LogP contribution in [0.15, 0.2) is 53.1 Å². The molecule has 0 atom stereocenters. The fraction of sp³-hybridized carbons (Fsp3) is 0.286. The van der Waals surface area contributed by atoms with E-state index in [2.05, 4.69) is 31.1 Å². The van der Waals surface area contributed by atoms with Gasteiger partial charge in [0.1, 0.15) is 5.82 Å². The number of hydrogen-bond donors (Lipinski definition) is 0. The molecule has 0 radical (unpaired) electrons. The molecule has 1 saturated heterocycles. The summed E-state index contributed by atoms with van der Waals surface area (Å²) in [5.74, 6) is 3.02. The van der Waals surface area contributed by atoms with E-state index in [9.17, 15) is 4.79 Å². The van der Waals surface area contributed by atoms with Gasteiger partial charge in [-0.2, -0.15) is 0 Å². The molecule has 4 aromatic rings. The summed E-state index contributed by atoms with van der Waals surface area (Å²) >= 11 is 3.16. The first-order valence-corrected chi connectivity index (χ1v) is 11.8. The average molecular weight is 452 g/mol. The van der Waals surface area contributed by atoms with E-state index in [1.165, 1.54) is 11.8 Å². The second-order valence-corrected chi connectivity index (χ2v) is 9.45. The monoisotopic (exact) mass is 451 g/mol. The zero-order chi connectivity index (χ0) is 21.2. The number of para-hydroxylation sites is 1. The number of carbonyl (C=O) groups excluding carboxylic acids is 1. The number of fused-ring (bicyclic) bond motifs is 1. The molecule has 31 heavy (non-hydrogen) atoms. The van der Waals surface area contributed by atoms with Gasteiger partial charge in [-0.3, -0.25) is 9.36 Å². The van der Waals surface area contributed by atoms with Crippen molar-refractivity contribution in [2.45, 2.75) is 11.3 Å². The number of amides is 1. The van der Waals surface area contributed by atoms with E-state index in [1.807, 2.05) is 52.9 Å². The van der Waals surface area contributed by atoms with Crippen molar-refractivity contribution in [3.05, 3.63) is 54.6 Å². The van der Waals surface area contributed by atoms with Crippen molar-refractivity contribution in [1.29, 1.82) is 0 Å². The van der Waals surface area contributed by atoms with E-state index in [1.54, 1.807) is 17.5 Å². The average Bonchev–Trinajstić information content (AvgIpc) is 3.43. The Labute approximate surface area is 187 Å². The predicted molar refractivity (Wildman–Crippen MR) is 123 cm³/mol. The summed E-state index contributed by atoms with van der Waals surface area (Å²) in [5.41, 5.74) is 0.992. The number of benzene rings is 1. The molecule has 0 saturated carbocycles. The maximum atomic E-state index is 12.7. The minimum absolute atomic E-state index is 0.154. The maximum absolute atomic E-state index is 12.7. The SMILES string of the molecule is Cc1nccn1-c1ccc(N2CCN(C(=O)CSc3nc4ccccc4s3)CC2)nn1. The largest absolute Gasteiger partial charge is 0.352 e. The fourth-order valence-electron chi connectivity index (χ4n) is 3.55. The van der Waals surface area contributed by atoms with Gasteiger partial charge in [-0.1, -0.05) is 23.9 Å². The smallest absolute Gasteiger partial charge is 0.233 e. The van der Waals surface area contributed by atoms with Crippen LogP contribution in [0.3, 0.4) is 0 Å². The number of imidazole rings is 1. The number of aromatic nitrogens is 5. The molecule has 1 aliphatic heterocycles. The van der Waals surface area contributed by atoms with E-state index in [0.717, 1.165) is 45.1 Å². The second-order valence-electron chi connectivity index (χ2n) is 7.20. The number of hydrogen-bond acceptors (Lipinski definition) is 8. The molecular formula is C21H21N7OS2. The number of anilines is 1. The lowest BCUT2D eigenvalue weighted by Crippen LogP contribution is -2.49. The quantitative estimate of drug-likeness (QED) is 0.432. The minimum Gasteiger partial charge on any atom is -0.352 e. The van der Waals surface area contributed by atoms with E-state index < -0.39 is 0 Å². The van der Waals surface area contributed by atoms with Gasteiger partial charge < -0.3 is 9.80 Å². The van der Waals surface area contributed by atoms with Crippen molar-refractivity contribution in [3.8, 4) is 5.82 Å². The normalized spacial score (nSPS) is 14.4. The van der Waals surface area contributed by atoms with Crippen molar-refractivity contribution >= 4 is 45.0 Å². The lowest BCUT2D eigenvalue weighted by molar-refractivity contribution is -0.128. The number of carbonyl (C=O) groups is 1. The summed E-state index contributed by atoms with van der Waals surface area (Å²) in [6, 6.07) is 12.0. The molecular weight excluding hydrogens is 430 g/mol. The van der Waals surface area contributed by atoms with Crippen molar-refractivity contribution in [2.24, 2.45) is 0 Å². The van der Waals surface area contributed by atoms with Crippen molar-refractivity contribution in [1.82, 2.24) is 29.6 Å². The highest BCUT2D eigenvalue weighted by atomic mass is 32.2. The van der Waals surface area contributed by atoms with Gasteiger partial charge >= 0.3 is 0 Å². The van der Waals surface area contributed by atoms with Crippen LogP contribution in [-0.2, 0) is 4.79 Å². The Bertz CT molecular complexity index is 1160. The molecule has 3 aromatic heterocycles. The highest BCUT2D eigenvalue weighted by molar-refractivity contribution is 8.01. The lowest BCUT2D eigenvalue weighted by Gasteiger charge is -2.35. The first-order valence-electron chi connectivity index (χ1n) is 10.0. The number of thioether (sulfide) groups is 1. The van der Waals surface area contributed by atoms with E-state index in [4.69, 9.17) is 0 Å². The molecule has 1 amide bonds. The number of nitrogens with zero attached hydrogens (tertiary/aromatic N) is 7. The zero-order valence-corrected chi connectivity index (χ0v) is 18.6. The third kappa shape index (κ3) is 4.26. The van der Waals surface area contributed by atoms with Crippen LogP contribution in [0.2, 0.25) is 0 Å². The molecule has 0 bridgehead atoms. The standard InChI is InChI=1S/C21H21N7OS2/c1-15-22-8-9-28(15)19-7-6-18(24-25-19)26-10-12-27(13-11-26)20(29)14-30-21-23-16-4-2-3-5-17(16)31-21/h2-9H,10-14H2,1H3. The third-order valence-electron chi connectivity index (χ3n) is 5.26. The van der Waals surface area contributed by atoms with Crippen LogP contribution in [0.4, 0.5) is 5.82 Å². The summed E-state index contributed by atoms with van der Waals surface area (Å²) in [7, 11) is 0. The first-order chi connectivity index (χ1) is 15.2. The van der Waals surface area contributed by atoms with Gasteiger partial charge in [0.05, 0.1) is 16.0 Å². The Hall–Kier alpha value is -2.98. The zero-order valence-electron chi connectivity index (χ0n) is 17.0. The highest BCUT2D eigenvalue weighted by Gasteiger charge is 2.22. The van der Waals surface area contributed by atoms with Gasteiger partial charge in [0.2, 0.25) is 5.91 Å². The Kier molecular flexibility index (Phi) is 5.56. The van der Waals surface area contributed by atoms with Crippen LogP contribution < -0.4 is 4.90 Å². The number of rotatable bonds is 5. The Morgan fingerprint density at radius 3 is 2.55 bits per heavy atom. The van der Waals surface area contributed by atoms with Crippen LogP contribution in [-0.4, -0.2) is 67.5 Å². The van der Waals surface area contributed by atoms with Gasteiger partial charge in [-0.05, 0) is 31.2 Å². The topological polar surface area (TPSA) is 80.0 Å². The summed E-state index contributed by atoms with van der Waals surface area (Å²) in [5, 5.41) is 8.71. The Morgan fingerprint density at radius 2 is 1.84 bits per heavy atom. The van der Waals surface area contributed by atoms with Gasteiger partial charge in [0.25, 0.3) is 0 Å². The van der Waals surface area contributed by atoms with Crippen molar-refractivity contribution in [2.75, 3.05) is 36.8 Å².